The number of nitrogens with zero attached hydrogens (tertiary/aromatic N) is 3. The van der Waals surface area contributed by atoms with Crippen LogP contribution in [0.5, 0.6) is 0 Å². The van der Waals surface area contributed by atoms with E-state index in [-0.39, 0.29) is 5.91 Å². The van der Waals surface area contributed by atoms with Crippen LogP contribution in [0.25, 0.3) is 11.0 Å². The van der Waals surface area contributed by atoms with Gasteiger partial charge in [0.15, 0.2) is 10.3 Å². The van der Waals surface area contributed by atoms with E-state index in [0.29, 0.717) is 21.6 Å². The number of carbonyl (C=O) groups is 1. The monoisotopic (exact) mass is 414 g/mol. The lowest BCUT2D eigenvalue weighted by atomic mass is 10.3. The third-order valence-corrected chi connectivity index (χ3v) is 5.85. The standard InChI is InChI=1S/C19H15ClN4OS2/c1-12(25)24(15-6-4-5-13(20)9-15)19-21-14(11-27-19)10-26-18-22-16-7-2-3-8-17(16)23-18/h2-9,11H,10H2,1H3,(H,22,23). The number of rotatable bonds is 5. The lowest BCUT2D eigenvalue weighted by molar-refractivity contribution is -0.115. The molecule has 0 bridgehead atoms. The molecule has 0 saturated carbocycles. The zero-order valence-electron chi connectivity index (χ0n) is 14.3. The van der Waals surface area contributed by atoms with Gasteiger partial charge in [0.05, 0.1) is 22.4 Å². The van der Waals surface area contributed by atoms with Crippen molar-refractivity contribution in [2.45, 2.75) is 17.8 Å². The number of hydrogen-bond acceptors (Lipinski definition) is 5. The molecule has 4 rings (SSSR count). The van der Waals surface area contributed by atoms with Gasteiger partial charge in [-0.15, -0.1) is 11.3 Å². The van der Waals surface area contributed by atoms with Gasteiger partial charge in [-0.1, -0.05) is 41.6 Å². The number of anilines is 2. The number of para-hydroxylation sites is 2. The predicted octanol–water partition coefficient (Wildman–Crippen LogP) is 5.65. The van der Waals surface area contributed by atoms with Gasteiger partial charge in [-0.3, -0.25) is 9.69 Å². The second-order valence-corrected chi connectivity index (χ2v) is 8.04. The molecule has 4 aromatic rings. The Balaban J connectivity index is 1.52. The van der Waals surface area contributed by atoms with E-state index in [9.17, 15) is 4.79 Å². The Kier molecular flexibility index (Phi) is 5.15. The normalized spacial score (nSPS) is 11.0. The summed E-state index contributed by atoms with van der Waals surface area (Å²) >= 11 is 9.09. The minimum absolute atomic E-state index is 0.108. The van der Waals surface area contributed by atoms with E-state index < -0.39 is 0 Å². The highest BCUT2D eigenvalue weighted by Crippen LogP contribution is 2.32. The van der Waals surface area contributed by atoms with E-state index in [1.807, 2.05) is 41.8 Å². The predicted molar refractivity (Wildman–Crippen MR) is 112 cm³/mol. The fourth-order valence-electron chi connectivity index (χ4n) is 2.65. The summed E-state index contributed by atoms with van der Waals surface area (Å²) in [5, 5.41) is 4.02. The van der Waals surface area contributed by atoms with E-state index >= 15 is 0 Å². The number of hydrogen-bond donors (Lipinski definition) is 1. The fourth-order valence-corrected chi connectivity index (χ4v) is 4.60. The maximum atomic E-state index is 12.2. The summed E-state index contributed by atoms with van der Waals surface area (Å²) in [7, 11) is 0. The van der Waals surface area contributed by atoms with E-state index in [1.165, 1.54) is 18.3 Å². The van der Waals surface area contributed by atoms with Crippen LogP contribution in [0.3, 0.4) is 0 Å². The largest absolute Gasteiger partial charge is 0.333 e. The van der Waals surface area contributed by atoms with Crippen LogP contribution in [-0.4, -0.2) is 20.9 Å². The minimum atomic E-state index is -0.108. The highest BCUT2D eigenvalue weighted by atomic mass is 35.5. The number of halogens is 1. The van der Waals surface area contributed by atoms with Crippen molar-refractivity contribution >= 4 is 62.5 Å². The summed E-state index contributed by atoms with van der Waals surface area (Å²) in [6.07, 6.45) is 0. The second kappa shape index (κ2) is 7.72. The van der Waals surface area contributed by atoms with Crippen molar-refractivity contribution in [3.63, 3.8) is 0 Å². The molecule has 0 saturated heterocycles. The number of imidazole rings is 1. The molecule has 0 unspecified atom stereocenters. The van der Waals surface area contributed by atoms with Crippen molar-refractivity contribution < 1.29 is 4.79 Å². The molecule has 1 amide bonds. The van der Waals surface area contributed by atoms with Gasteiger partial charge in [0, 0.05) is 23.1 Å². The summed E-state index contributed by atoms with van der Waals surface area (Å²) in [6.45, 7) is 1.52. The first-order valence-electron chi connectivity index (χ1n) is 8.18. The lowest BCUT2D eigenvalue weighted by Gasteiger charge is -2.18. The third kappa shape index (κ3) is 4.00. The van der Waals surface area contributed by atoms with Gasteiger partial charge in [-0.25, -0.2) is 9.97 Å². The molecule has 2 heterocycles. The number of nitrogens with one attached hydrogen (secondary N) is 1. The van der Waals surface area contributed by atoms with Crippen LogP contribution in [0.4, 0.5) is 10.8 Å². The Morgan fingerprint density at radius 2 is 2.07 bits per heavy atom. The van der Waals surface area contributed by atoms with Gasteiger partial charge in [-0.05, 0) is 30.3 Å². The molecule has 0 spiro atoms. The zero-order valence-corrected chi connectivity index (χ0v) is 16.7. The van der Waals surface area contributed by atoms with Crippen molar-refractivity contribution in [1.29, 1.82) is 0 Å². The van der Waals surface area contributed by atoms with Crippen LogP contribution >= 0.6 is 34.7 Å². The van der Waals surface area contributed by atoms with Crippen LogP contribution < -0.4 is 4.90 Å². The van der Waals surface area contributed by atoms with E-state index in [1.54, 1.807) is 28.8 Å². The lowest BCUT2D eigenvalue weighted by Crippen LogP contribution is -2.22. The van der Waals surface area contributed by atoms with Crippen molar-refractivity contribution in [2.75, 3.05) is 4.90 Å². The minimum Gasteiger partial charge on any atom is -0.333 e. The van der Waals surface area contributed by atoms with Crippen LogP contribution in [0.2, 0.25) is 5.02 Å². The fraction of sp³-hybridized carbons (Fsp3) is 0.105. The number of H-pyrrole nitrogens is 1. The highest BCUT2D eigenvalue weighted by Gasteiger charge is 2.18. The first-order valence-corrected chi connectivity index (χ1v) is 10.4. The van der Waals surface area contributed by atoms with Gasteiger partial charge in [0.1, 0.15) is 0 Å². The number of amides is 1. The van der Waals surface area contributed by atoms with E-state index in [4.69, 9.17) is 11.6 Å². The summed E-state index contributed by atoms with van der Waals surface area (Å²) < 4.78 is 0. The second-order valence-electron chi connectivity index (χ2n) is 5.80. The van der Waals surface area contributed by atoms with Crippen LogP contribution in [0.1, 0.15) is 12.6 Å². The Hall–Kier alpha value is -2.35. The van der Waals surface area contributed by atoms with Gasteiger partial charge >= 0.3 is 0 Å². The number of aromatic nitrogens is 3. The Labute approximate surface area is 169 Å². The quantitative estimate of drug-likeness (QED) is 0.428. The maximum absolute atomic E-state index is 12.2. The van der Waals surface area contributed by atoms with Crippen LogP contribution in [0, 0.1) is 0 Å². The molecule has 27 heavy (non-hydrogen) atoms. The molecule has 8 heteroatoms. The first kappa shape index (κ1) is 18.0. The van der Waals surface area contributed by atoms with Crippen molar-refractivity contribution in [3.05, 3.63) is 64.6 Å². The first-order chi connectivity index (χ1) is 13.1. The number of fused-ring (bicyclic) bond motifs is 1. The number of carbonyl (C=O) groups excluding carboxylic acids is 1. The molecule has 2 aromatic heterocycles. The van der Waals surface area contributed by atoms with Gasteiger partial charge in [-0.2, -0.15) is 0 Å². The van der Waals surface area contributed by atoms with Crippen LogP contribution in [-0.2, 0) is 10.5 Å². The van der Waals surface area contributed by atoms with E-state index in [0.717, 1.165) is 21.9 Å². The molecule has 0 atom stereocenters. The highest BCUT2D eigenvalue weighted by molar-refractivity contribution is 7.98. The SMILES string of the molecule is CC(=O)N(c1cccc(Cl)c1)c1nc(CSc2nc3ccccc3[nH]2)cs1. The van der Waals surface area contributed by atoms with Crippen molar-refractivity contribution in [2.24, 2.45) is 0 Å². The smallest absolute Gasteiger partial charge is 0.230 e. The van der Waals surface area contributed by atoms with Gasteiger partial charge < -0.3 is 4.98 Å². The average Bonchev–Trinajstić information content (AvgIpc) is 3.26. The van der Waals surface area contributed by atoms with Gasteiger partial charge in [0.25, 0.3) is 0 Å². The Morgan fingerprint density at radius 1 is 1.22 bits per heavy atom. The molecule has 0 aliphatic rings. The number of benzene rings is 2. The number of aromatic amines is 1. The van der Waals surface area contributed by atoms with Crippen LogP contribution in [0.15, 0.2) is 59.1 Å². The van der Waals surface area contributed by atoms with Crippen molar-refractivity contribution in [1.82, 2.24) is 15.0 Å². The zero-order chi connectivity index (χ0) is 18.8. The Bertz CT molecular complexity index is 1070. The van der Waals surface area contributed by atoms with E-state index in [2.05, 4.69) is 15.0 Å². The molecule has 0 fully saturated rings. The topological polar surface area (TPSA) is 61.9 Å². The molecular formula is C19H15ClN4OS2. The Morgan fingerprint density at radius 3 is 2.85 bits per heavy atom. The average molecular weight is 415 g/mol. The molecule has 0 radical (unpaired) electrons. The molecule has 0 aliphatic heterocycles. The number of thioether (sulfide) groups is 1. The molecule has 1 N–H and O–H groups in total. The maximum Gasteiger partial charge on any atom is 0.230 e. The molecular weight excluding hydrogens is 400 g/mol. The molecule has 0 aliphatic carbocycles. The summed E-state index contributed by atoms with van der Waals surface area (Å²) in [4.78, 5) is 26.2. The third-order valence-electron chi connectivity index (χ3n) is 3.84. The molecule has 136 valence electrons. The molecule has 5 nitrogen and oxygen atoms in total. The summed E-state index contributed by atoms with van der Waals surface area (Å²) in [5.74, 6) is 0.556. The summed E-state index contributed by atoms with van der Waals surface area (Å²) in [6, 6.07) is 15.1. The van der Waals surface area contributed by atoms with Crippen molar-refractivity contribution in [3.8, 4) is 0 Å². The number of thiazole rings is 1. The molecule has 2 aromatic carbocycles. The summed E-state index contributed by atoms with van der Waals surface area (Å²) in [5.41, 5.74) is 3.57. The van der Waals surface area contributed by atoms with Gasteiger partial charge in [0.2, 0.25) is 5.91 Å².